The molecule has 9 heteroatoms. The molecule has 0 radical (unpaired) electrons. The summed E-state index contributed by atoms with van der Waals surface area (Å²) in [5, 5.41) is 3.88. The van der Waals surface area contributed by atoms with Crippen LogP contribution in [0.2, 0.25) is 0 Å². The number of ether oxygens (including phenoxy) is 2. The predicted molar refractivity (Wildman–Crippen MR) is 160 cm³/mol. The van der Waals surface area contributed by atoms with Gasteiger partial charge in [0.1, 0.15) is 23.0 Å². The van der Waals surface area contributed by atoms with E-state index in [1.54, 1.807) is 12.1 Å². The molecule has 3 aromatic rings. The lowest BCUT2D eigenvalue weighted by Crippen LogP contribution is -2.47. The van der Waals surface area contributed by atoms with E-state index in [4.69, 9.17) is 21.1 Å². The zero-order valence-corrected chi connectivity index (χ0v) is 24.3. The van der Waals surface area contributed by atoms with Crippen molar-refractivity contribution in [1.82, 2.24) is 15.0 Å². The quantitative estimate of drug-likeness (QED) is 0.219. The van der Waals surface area contributed by atoms with Crippen LogP contribution in [0.1, 0.15) is 42.9 Å². The van der Waals surface area contributed by atoms with Crippen LogP contribution >= 0.6 is 11.6 Å². The summed E-state index contributed by atoms with van der Waals surface area (Å²) in [4.78, 5) is 4.21. The van der Waals surface area contributed by atoms with Gasteiger partial charge in [0.15, 0.2) is 0 Å². The van der Waals surface area contributed by atoms with Crippen molar-refractivity contribution in [3.63, 3.8) is 0 Å². The predicted octanol–water partition coefficient (Wildman–Crippen LogP) is 6.08. The normalized spacial score (nSPS) is 21.3. The van der Waals surface area contributed by atoms with Crippen molar-refractivity contribution in [2.45, 2.75) is 48.4 Å². The number of halogens is 1. The summed E-state index contributed by atoms with van der Waals surface area (Å²) in [6.07, 6.45) is 13.3. The van der Waals surface area contributed by atoms with Crippen LogP contribution in [0.3, 0.4) is 0 Å². The number of hydrogen-bond acceptors (Lipinski definition) is 6. The summed E-state index contributed by atoms with van der Waals surface area (Å²) in [5.74, 6) is 1.69. The number of hydrogen-bond donors (Lipinski definition) is 2. The highest BCUT2D eigenvalue weighted by Gasteiger charge is 2.48. The zero-order valence-electron chi connectivity index (χ0n) is 22.8. The Morgan fingerprint density at radius 1 is 1.07 bits per heavy atom. The Morgan fingerprint density at radius 2 is 1.93 bits per heavy atom. The van der Waals surface area contributed by atoms with E-state index in [1.807, 2.05) is 24.3 Å². The van der Waals surface area contributed by atoms with Crippen molar-refractivity contribution in [1.29, 1.82) is 0 Å². The maximum Gasteiger partial charge on any atom is 0.242 e. The number of aromatic nitrogens is 1. The SMILES string of the molecule is O=S(=O)(NCCOc1ccc2c(c1)C(C1(C3=CCC(Cl)C=C3)CCC1)NCC2)c1ccc(Oc2ccccc2)nc1. The van der Waals surface area contributed by atoms with E-state index in [-0.39, 0.29) is 34.9 Å². The Hall–Kier alpha value is -3.17. The highest BCUT2D eigenvalue weighted by molar-refractivity contribution is 7.89. The van der Waals surface area contributed by atoms with Crippen LogP contribution in [0, 0.1) is 5.41 Å². The standard InChI is InChI=1S/C32H34ClN3O4S/c33-25-10-8-24(9-11-25)32(16-4-17-32)31-29-21-27(12-7-23(29)15-18-34-31)39-20-19-36-41(37,38)28-13-14-30(35-22-28)40-26-5-2-1-3-6-26/h1-3,5-10,12-14,21-22,25,31,34,36H,4,11,15-20H2. The lowest BCUT2D eigenvalue weighted by Gasteiger charge is -2.51. The maximum atomic E-state index is 12.8. The molecule has 1 aliphatic heterocycles. The number of pyridine rings is 1. The van der Waals surface area contributed by atoms with Gasteiger partial charge in [-0.1, -0.05) is 48.9 Å². The van der Waals surface area contributed by atoms with Crippen molar-refractivity contribution in [2.75, 3.05) is 19.7 Å². The molecule has 2 aromatic carbocycles. The van der Waals surface area contributed by atoms with Gasteiger partial charge in [0, 0.05) is 24.1 Å². The number of nitrogens with zero attached hydrogens (tertiary/aromatic N) is 1. The second-order valence-corrected chi connectivity index (χ2v) is 13.1. The summed E-state index contributed by atoms with van der Waals surface area (Å²) in [5.41, 5.74) is 4.09. The molecule has 2 atom stereocenters. The Kier molecular flexibility index (Phi) is 8.17. The molecule has 1 aromatic heterocycles. The lowest BCUT2D eigenvalue weighted by molar-refractivity contribution is 0.118. The van der Waals surface area contributed by atoms with Crippen molar-refractivity contribution in [3.05, 3.63) is 102 Å². The molecule has 2 unspecified atom stereocenters. The van der Waals surface area contributed by atoms with Gasteiger partial charge in [-0.15, -0.1) is 11.6 Å². The average molecular weight is 592 g/mol. The number of rotatable bonds is 10. The molecule has 6 rings (SSSR count). The highest BCUT2D eigenvalue weighted by Crippen LogP contribution is 2.57. The zero-order chi connectivity index (χ0) is 28.3. The number of alkyl halides is 1. The molecule has 1 fully saturated rings. The molecule has 2 aliphatic carbocycles. The number of fused-ring (bicyclic) bond motifs is 1. The van der Waals surface area contributed by atoms with Gasteiger partial charge in [-0.2, -0.15) is 0 Å². The van der Waals surface area contributed by atoms with E-state index in [2.05, 4.69) is 45.4 Å². The van der Waals surface area contributed by atoms with Crippen LogP contribution in [-0.2, 0) is 16.4 Å². The number of benzene rings is 2. The molecule has 0 amide bonds. The lowest BCUT2D eigenvalue weighted by atomic mass is 9.57. The summed E-state index contributed by atoms with van der Waals surface area (Å²) in [6, 6.07) is 18.7. The summed E-state index contributed by atoms with van der Waals surface area (Å²) in [7, 11) is -3.74. The van der Waals surface area contributed by atoms with Crippen molar-refractivity contribution < 1.29 is 17.9 Å². The second-order valence-electron chi connectivity index (χ2n) is 10.8. The Balaban J connectivity index is 1.08. The minimum absolute atomic E-state index is 0.0676. The molecule has 0 spiro atoms. The van der Waals surface area contributed by atoms with Gasteiger partial charge in [-0.3, -0.25) is 0 Å². The van der Waals surface area contributed by atoms with Crippen molar-refractivity contribution >= 4 is 21.6 Å². The number of para-hydroxylation sites is 1. The average Bonchev–Trinajstić information content (AvgIpc) is 2.97. The molecule has 1 saturated carbocycles. The molecule has 3 aliphatic rings. The van der Waals surface area contributed by atoms with Crippen molar-refractivity contribution in [2.24, 2.45) is 5.41 Å². The van der Waals surface area contributed by atoms with Crippen LogP contribution in [0.5, 0.6) is 17.4 Å². The Bertz CT molecular complexity index is 1540. The first-order valence-corrected chi connectivity index (χ1v) is 16.1. The first kappa shape index (κ1) is 28.0. The topological polar surface area (TPSA) is 89.6 Å². The molecular formula is C32H34ClN3O4S. The van der Waals surface area contributed by atoms with Gasteiger partial charge in [0.2, 0.25) is 15.9 Å². The van der Waals surface area contributed by atoms with E-state index >= 15 is 0 Å². The van der Waals surface area contributed by atoms with Crippen LogP contribution < -0.4 is 19.5 Å². The van der Waals surface area contributed by atoms with E-state index in [9.17, 15) is 8.42 Å². The Morgan fingerprint density at radius 3 is 2.63 bits per heavy atom. The van der Waals surface area contributed by atoms with Gasteiger partial charge in [0.05, 0.1) is 11.6 Å². The smallest absolute Gasteiger partial charge is 0.242 e. The van der Waals surface area contributed by atoms with Crippen LogP contribution in [0.4, 0.5) is 0 Å². The molecule has 2 N–H and O–H groups in total. The summed E-state index contributed by atoms with van der Waals surface area (Å²) >= 11 is 6.32. The monoisotopic (exact) mass is 591 g/mol. The largest absolute Gasteiger partial charge is 0.492 e. The number of nitrogens with one attached hydrogen (secondary N) is 2. The molecule has 0 saturated heterocycles. The number of sulfonamides is 1. The van der Waals surface area contributed by atoms with Gasteiger partial charge < -0.3 is 14.8 Å². The summed E-state index contributed by atoms with van der Waals surface area (Å²) < 4.78 is 39.9. The maximum absolute atomic E-state index is 12.8. The molecule has 2 heterocycles. The van der Waals surface area contributed by atoms with Crippen LogP contribution in [-0.4, -0.2) is 38.5 Å². The molecule has 0 bridgehead atoms. The Labute approximate surface area is 246 Å². The van der Waals surface area contributed by atoms with Gasteiger partial charge in [0.25, 0.3) is 0 Å². The van der Waals surface area contributed by atoms with Crippen LogP contribution in [0.15, 0.2) is 95.6 Å². The third-order valence-electron chi connectivity index (χ3n) is 8.24. The van der Waals surface area contributed by atoms with Gasteiger partial charge in [-0.05, 0) is 79.3 Å². The fourth-order valence-corrected chi connectivity index (χ4v) is 7.12. The first-order chi connectivity index (χ1) is 19.9. The fourth-order valence-electron chi connectivity index (χ4n) is 6.00. The third kappa shape index (κ3) is 6.06. The van der Waals surface area contributed by atoms with Crippen LogP contribution in [0.25, 0.3) is 0 Å². The van der Waals surface area contributed by atoms with Gasteiger partial charge in [-0.25, -0.2) is 18.1 Å². The minimum Gasteiger partial charge on any atom is -0.492 e. The molecule has 41 heavy (non-hydrogen) atoms. The van der Waals surface area contributed by atoms with Gasteiger partial charge >= 0.3 is 0 Å². The van der Waals surface area contributed by atoms with E-state index in [0.717, 1.165) is 38.0 Å². The second kappa shape index (κ2) is 12.0. The third-order valence-corrected chi connectivity index (χ3v) is 10.0. The number of allylic oxidation sites excluding steroid dienone is 3. The van der Waals surface area contributed by atoms with E-state index in [0.29, 0.717) is 11.6 Å². The fraction of sp³-hybridized carbons (Fsp3) is 0.344. The molecular weight excluding hydrogens is 558 g/mol. The minimum atomic E-state index is -3.74. The van der Waals surface area contributed by atoms with Crippen molar-refractivity contribution in [3.8, 4) is 17.4 Å². The first-order valence-electron chi connectivity index (χ1n) is 14.1. The highest BCUT2D eigenvalue weighted by atomic mass is 35.5. The summed E-state index contributed by atoms with van der Waals surface area (Å²) in [6.45, 7) is 1.28. The van der Waals surface area contributed by atoms with E-state index in [1.165, 1.54) is 41.5 Å². The molecule has 7 nitrogen and oxygen atoms in total. The molecule has 214 valence electrons. The van der Waals surface area contributed by atoms with E-state index < -0.39 is 10.0 Å².